The molecule has 2 amide bonds. The van der Waals surface area contributed by atoms with Gasteiger partial charge in [-0.05, 0) is 55.2 Å². The second-order valence-corrected chi connectivity index (χ2v) is 8.68. The molecule has 0 fully saturated rings. The molecule has 0 saturated carbocycles. The maximum absolute atomic E-state index is 13.5. The molecular formula is C28H31ClN2O3. The van der Waals surface area contributed by atoms with Gasteiger partial charge < -0.3 is 15.0 Å². The van der Waals surface area contributed by atoms with E-state index in [2.05, 4.69) is 5.32 Å². The Balaban J connectivity index is 1.92. The molecule has 3 rings (SSSR count). The smallest absolute Gasteiger partial charge is 0.261 e. The highest BCUT2D eigenvalue weighted by molar-refractivity contribution is 6.31. The topological polar surface area (TPSA) is 58.6 Å². The van der Waals surface area contributed by atoms with Gasteiger partial charge in [-0.25, -0.2) is 0 Å². The molecule has 6 heteroatoms. The Morgan fingerprint density at radius 3 is 2.41 bits per heavy atom. The summed E-state index contributed by atoms with van der Waals surface area (Å²) >= 11 is 6.42. The van der Waals surface area contributed by atoms with Crippen LogP contribution in [0, 0.1) is 13.8 Å². The van der Waals surface area contributed by atoms with Gasteiger partial charge >= 0.3 is 0 Å². The van der Waals surface area contributed by atoms with E-state index in [0.29, 0.717) is 23.7 Å². The Bertz CT molecular complexity index is 1120. The second-order valence-electron chi connectivity index (χ2n) is 8.27. The first-order valence-electron chi connectivity index (χ1n) is 11.4. The average Bonchev–Trinajstić information content (AvgIpc) is 2.83. The molecule has 0 aliphatic rings. The van der Waals surface area contributed by atoms with E-state index < -0.39 is 6.04 Å². The summed E-state index contributed by atoms with van der Waals surface area (Å²) < 4.78 is 5.91. The quantitative estimate of drug-likeness (QED) is 0.440. The SMILES string of the molecule is CCNC(=O)[C@@H](Cc1ccccc1)N(Cc1ccccc1Cl)C(=O)COc1cc(C)ccc1C. The number of benzene rings is 3. The summed E-state index contributed by atoms with van der Waals surface area (Å²) in [7, 11) is 0. The van der Waals surface area contributed by atoms with Crippen molar-refractivity contribution in [2.45, 2.75) is 39.8 Å². The fourth-order valence-electron chi connectivity index (χ4n) is 3.74. The monoisotopic (exact) mass is 478 g/mol. The van der Waals surface area contributed by atoms with Crippen LogP contribution in [0.1, 0.15) is 29.2 Å². The summed E-state index contributed by atoms with van der Waals surface area (Å²) in [6, 6.07) is 22.2. The van der Waals surface area contributed by atoms with Gasteiger partial charge in [0.15, 0.2) is 6.61 Å². The Morgan fingerprint density at radius 2 is 1.71 bits per heavy atom. The molecule has 3 aromatic rings. The highest BCUT2D eigenvalue weighted by atomic mass is 35.5. The number of hydrogen-bond donors (Lipinski definition) is 1. The Kier molecular flexibility index (Phi) is 9.11. The van der Waals surface area contributed by atoms with Gasteiger partial charge in [0, 0.05) is 24.5 Å². The van der Waals surface area contributed by atoms with Gasteiger partial charge in [0.05, 0.1) is 0 Å². The van der Waals surface area contributed by atoms with Crippen molar-refractivity contribution in [3.63, 3.8) is 0 Å². The Labute approximate surface area is 206 Å². The van der Waals surface area contributed by atoms with Crippen LogP contribution in [0.25, 0.3) is 0 Å². The first-order valence-corrected chi connectivity index (χ1v) is 11.8. The van der Waals surface area contributed by atoms with Crippen molar-refractivity contribution in [2.24, 2.45) is 0 Å². The van der Waals surface area contributed by atoms with Gasteiger partial charge in [0.2, 0.25) is 5.91 Å². The zero-order chi connectivity index (χ0) is 24.5. The number of carbonyl (C=O) groups is 2. The number of amides is 2. The van der Waals surface area contributed by atoms with Crippen molar-refractivity contribution in [2.75, 3.05) is 13.2 Å². The molecule has 0 aliphatic heterocycles. The molecule has 0 heterocycles. The summed E-state index contributed by atoms with van der Waals surface area (Å²) in [5.41, 5.74) is 3.73. The van der Waals surface area contributed by atoms with E-state index in [0.717, 1.165) is 22.3 Å². The lowest BCUT2D eigenvalue weighted by molar-refractivity contribution is -0.142. The molecule has 0 unspecified atom stereocenters. The summed E-state index contributed by atoms with van der Waals surface area (Å²) in [5, 5.41) is 3.43. The van der Waals surface area contributed by atoms with Gasteiger partial charge in [0.25, 0.3) is 5.91 Å². The Hall–Kier alpha value is -3.31. The van der Waals surface area contributed by atoms with Crippen molar-refractivity contribution >= 4 is 23.4 Å². The number of nitrogens with zero attached hydrogens (tertiary/aromatic N) is 1. The lowest BCUT2D eigenvalue weighted by Crippen LogP contribution is -2.51. The zero-order valence-corrected chi connectivity index (χ0v) is 20.6. The zero-order valence-electron chi connectivity index (χ0n) is 19.9. The van der Waals surface area contributed by atoms with Crippen LogP contribution < -0.4 is 10.1 Å². The molecule has 178 valence electrons. The standard InChI is InChI=1S/C28H31ClN2O3/c1-4-30-28(33)25(17-22-10-6-5-7-11-22)31(18-23-12-8-9-13-24(23)29)27(32)19-34-26-16-20(2)14-15-21(26)3/h5-16,25H,4,17-19H2,1-3H3,(H,30,33)/t25-/m1/s1. The molecule has 0 bridgehead atoms. The molecule has 0 aromatic heterocycles. The lowest BCUT2D eigenvalue weighted by Gasteiger charge is -2.31. The third kappa shape index (κ3) is 6.84. The van der Waals surface area contributed by atoms with Crippen LogP contribution in [0.5, 0.6) is 5.75 Å². The lowest BCUT2D eigenvalue weighted by atomic mass is 10.0. The molecule has 0 saturated heterocycles. The van der Waals surface area contributed by atoms with Crippen molar-refractivity contribution in [3.05, 3.63) is 100 Å². The fourth-order valence-corrected chi connectivity index (χ4v) is 3.94. The number of halogens is 1. The highest BCUT2D eigenvalue weighted by Gasteiger charge is 2.31. The van der Waals surface area contributed by atoms with Gasteiger partial charge in [-0.2, -0.15) is 0 Å². The number of hydrogen-bond acceptors (Lipinski definition) is 3. The van der Waals surface area contributed by atoms with E-state index in [9.17, 15) is 9.59 Å². The summed E-state index contributed by atoms with van der Waals surface area (Å²) in [6.07, 6.45) is 0.381. The van der Waals surface area contributed by atoms with E-state index in [-0.39, 0.29) is 25.0 Å². The van der Waals surface area contributed by atoms with Gasteiger partial charge in [-0.15, -0.1) is 0 Å². The third-order valence-corrected chi connectivity index (χ3v) is 5.98. The number of ether oxygens (including phenoxy) is 1. The third-order valence-electron chi connectivity index (χ3n) is 5.62. The van der Waals surface area contributed by atoms with E-state index >= 15 is 0 Å². The van der Waals surface area contributed by atoms with Crippen LogP contribution >= 0.6 is 11.6 Å². The first-order chi connectivity index (χ1) is 16.4. The number of carbonyl (C=O) groups excluding carboxylic acids is 2. The molecule has 0 radical (unpaired) electrons. The van der Waals surface area contributed by atoms with Gasteiger partial charge in [-0.1, -0.05) is 72.3 Å². The van der Waals surface area contributed by atoms with E-state index in [1.807, 2.05) is 87.5 Å². The maximum Gasteiger partial charge on any atom is 0.261 e. The van der Waals surface area contributed by atoms with Gasteiger partial charge in [-0.3, -0.25) is 9.59 Å². The van der Waals surface area contributed by atoms with E-state index in [4.69, 9.17) is 16.3 Å². The van der Waals surface area contributed by atoms with Crippen LogP contribution in [0.15, 0.2) is 72.8 Å². The number of rotatable bonds is 10. The highest BCUT2D eigenvalue weighted by Crippen LogP contribution is 2.22. The summed E-state index contributed by atoms with van der Waals surface area (Å²) in [5.74, 6) is 0.162. The molecule has 5 nitrogen and oxygen atoms in total. The number of aryl methyl sites for hydroxylation is 2. The van der Waals surface area contributed by atoms with Gasteiger partial charge in [0.1, 0.15) is 11.8 Å². The molecular weight excluding hydrogens is 448 g/mol. The van der Waals surface area contributed by atoms with Crippen LogP contribution in [0.3, 0.4) is 0 Å². The first kappa shape index (κ1) is 25.3. The minimum absolute atomic E-state index is 0.181. The molecule has 1 N–H and O–H groups in total. The minimum atomic E-state index is -0.715. The number of nitrogens with one attached hydrogen (secondary N) is 1. The van der Waals surface area contributed by atoms with E-state index in [1.54, 1.807) is 11.0 Å². The van der Waals surface area contributed by atoms with Crippen LogP contribution in [-0.2, 0) is 22.6 Å². The summed E-state index contributed by atoms with van der Waals surface area (Å²) in [6.45, 7) is 6.26. The van der Waals surface area contributed by atoms with Crippen molar-refractivity contribution < 1.29 is 14.3 Å². The molecule has 0 aliphatic carbocycles. The molecule has 0 spiro atoms. The van der Waals surface area contributed by atoms with Crippen molar-refractivity contribution in [1.29, 1.82) is 0 Å². The van der Waals surface area contributed by atoms with Crippen LogP contribution in [0.2, 0.25) is 5.02 Å². The Morgan fingerprint density at radius 1 is 1.00 bits per heavy atom. The predicted octanol–water partition coefficient (Wildman–Crippen LogP) is 5.11. The molecule has 1 atom stereocenters. The fraction of sp³-hybridized carbons (Fsp3) is 0.286. The second kappa shape index (κ2) is 12.2. The largest absolute Gasteiger partial charge is 0.483 e. The van der Waals surface area contributed by atoms with Crippen LogP contribution in [0.4, 0.5) is 0 Å². The molecule has 3 aromatic carbocycles. The summed E-state index contributed by atoms with van der Waals surface area (Å²) in [4.78, 5) is 28.3. The maximum atomic E-state index is 13.5. The average molecular weight is 479 g/mol. The predicted molar refractivity (Wildman–Crippen MR) is 136 cm³/mol. The van der Waals surface area contributed by atoms with E-state index in [1.165, 1.54) is 0 Å². The number of likely N-dealkylation sites (N-methyl/N-ethyl adjacent to an activating group) is 1. The van der Waals surface area contributed by atoms with Crippen LogP contribution in [-0.4, -0.2) is 35.9 Å². The minimum Gasteiger partial charge on any atom is -0.483 e. The van der Waals surface area contributed by atoms with Crippen molar-refractivity contribution in [3.8, 4) is 5.75 Å². The molecule has 34 heavy (non-hydrogen) atoms. The normalized spacial score (nSPS) is 11.5. The van der Waals surface area contributed by atoms with Crippen molar-refractivity contribution in [1.82, 2.24) is 10.2 Å².